The Balaban J connectivity index is 1.73. The molecule has 21 heavy (non-hydrogen) atoms. The Hall–Kier alpha value is -0.650. The van der Waals surface area contributed by atoms with Gasteiger partial charge in [0.1, 0.15) is 5.54 Å². The molecule has 1 aliphatic heterocycles. The van der Waals surface area contributed by atoms with Crippen molar-refractivity contribution in [2.24, 2.45) is 0 Å². The van der Waals surface area contributed by atoms with Crippen LogP contribution in [-0.2, 0) is 9.53 Å². The van der Waals surface area contributed by atoms with E-state index < -0.39 is 5.54 Å². The summed E-state index contributed by atoms with van der Waals surface area (Å²) in [7, 11) is 1.49. The van der Waals surface area contributed by atoms with Crippen LogP contribution < -0.4 is 5.32 Å². The maximum absolute atomic E-state index is 12.1. The average Bonchev–Trinajstić information content (AvgIpc) is 3.30. The molecular weight excluding hydrogens is 266 g/mol. The lowest BCUT2D eigenvalue weighted by Crippen LogP contribution is -2.52. The lowest BCUT2D eigenvalue weighted by atomic mass is 9.95. The van der Waals surface area contributed by atoms with Crippen molar-refractivity contribution in [2.75, 3.05) is 46.4 Å². The van der Waals surface area contributed by atoms with E-state index in [1.165, 1.54) is 33.0 Å². The summed E-state index contributed by atoms with van der Waals surface area (Å²) in [5.41, 5.74) is -0.513. The van der Waals surface area contributed by atoms with Crippen molar-refractivity contribution < 1.29 is 9.53 Å². The first-order valence-electron chi connectivity index (χ1n) is 8.38. The van der Waals surface area contributed by atoms with Gasteiger partial charge >= 0.3 is 5.97 Å². The molecule has 0 aromatic heterocycles. The largest absolute Gasteiger partial charge is 0.468 e. The molecule has 1 N–H and O–H groups in total. The molecule has 0 amide bonds. The zero-order chi connectivity index (χ0) is 15.3. The Kier molecular flexibility index (Phi) is 6.02. The third kappa shape index (κ3) is 4.94. The lowest BCUT2D eigenvalue weighted by molar-refractivity contribution is -0.148. The molecule has 2 aliphatic rings. The monoisotopic (exact) mass is 297 g/mol. The van der Waals surface area contributed by atoms with Gasteiger partial charge in [-0.15, -0.1) is 0 Å². The quantitative estimate of drug-likeness (QED) is 0.680. The first-order valence-corrected chi connectivity index (χ1v) is 8.38. The van der Waals surface area contributed by atoms with Crippen LogP contribution in [-0.4, -0.2) is 73.7 Å². The second kappa shape index (κ2) is 7.56. The zero-order valence-corrected chi connectivity index (χ0v) is 13.9. The summed E-state index contributed by atoms with van der Waals surface area (Å²) in [4.78, 5) is 17.1. The fourth-order valence-electron chi connectivity index (χ4n) is 3.12. The number of ether oxygens (including phenoxy) is 1. The molecule has 1 unspecified atom stereocenters. The normalized spacial score (nSPS) is 23.8. The van der Waals surface area contributed by atoms with Crippen molar-refractivity contribution in [3.8, 4) is 0 Å². The third-order valence-electron chi connectivity index (χ3n) is 4.80. The van der Waals surface area contributed by atoms with Gasteiger partial charge in [-0.05, 0) is 45.7 Å². The van der Waals surface area contributed by atoms with Crippen LogP contribution in [0.1, 0.15) is 39.5 Å². The molecule has 0 radical (unpaired) electrons. The molecule has 5 nitrogen and oxygen atoms in total. The molecule has 0 bridgehead atoms. The van der Waals surface area contributed by atoms with E-state index in [0.29, 0.717) is 6.04 Å². The fourth-order valence-corrected chi connectivity index (χ4v) is 3.12. The van der Waals surface area contributed by atoms with E-state index >= 15 is 0 Å². The Bertz CT molecular complexity index is 338. The molecule has 0 aromatic rings. The van der Waals surface area contributed by atoms with E-state index in [-0.39, 0.29) is 5.97 Å². The highest BCUT2D eigenvalue weighted by Crippen LogP contribution is 2.25. The summed E-state index contributed by atoms with van der Waals surface area (Å²) < 4.78 is 4.99. The molecule has 0 spiro atoms. The smallest absolute Gasteiger partial charge is 0.325 e. The predicted octanol–water partition coefficient (Wildman–Crippen LogP) is 1.09. The average molecular weight is 297 g/mol. The minimum atomic E-state index is -0.513. The van der Waals surface area contributed by atoms with Gasteiger partial charge in [0.25, 0.3) is 0 Å². The molecular formula is C16H31N3O2. The molecule has 1 saturated heterocycles. The Morgan fingerprint density at radius 3 is 2.38 bits per heavy atom. The van der Waals surface area contributed by atoms with Crippen molar-refractivity contribution in [1.82, 2.24) is 15.1 Å². The fraction of sp³-hybridized carbons (Fsp3) is 0.938. The molecule has 5 heteroatoms. The van der Waals surface area contributed by atoms with Gasteiger partial charge in [-0.1, -0.05) is 6.92 Å². The molecule has 0 aromatic carbocycles. The number of hydrogen-bond acceptors (Lipinski definition) is 5. The van der Waals surface area contributed by atoms with Crippen molar-refractivity contribution in [3.05, 3.63) is 0 Å². The Morgan fingerprint density at radius 1 is 1.24 bits per heavy atom. The zero-order valence-electron chi connectivity index (χ0n) is 13.9. The summed E-state index contributed by atoms with van der Waals surface area (Å²) >= 11 is 0. The summed E-state index contributed by atoms with van der Waals surface area (Å²) in [5.74, 6) is -0.120. The Morgan fingerprint density at radius 2 is 1.86 bits per heavy atom. The predicted molar refractivity (Wildman–Crippen MR) is 84.4 cm³/mol. The first-order chi connectivity index (χ1) is 10.1. The van der Waals surface area contributed by atoms with E-state index in [1.807, 2.05) is 6.92 Å². The highest BCUT2D eigenvalue weighted by molar-refractivity contribution is 5.80. The molecule has 1 aliphatic carbocycles. The number of esters is 1. The van der Waals surface area contributed by atoms with Crippen LogP contribution in [0.4, 0.5) is 0 Å². The highest BCUT2D eigenvalue weighted by Gasteiger charge is 2.38. The second-order valence-electron chi connectivity index (χ2n) is 6.62. The number of hydrogen-bond donors (Lipinski definition) is 1. The van der Waals surface area contributed by atoms with E-state index in [0.717, 1.165) is 39.0 Å². The van der Waals surface area contributed by atoms with Crippen molar-refractivity contribution >= 4 is 5.97 Å². The van der Waals surface area contributed by atoms with Gasteiger partial charge in [0.05, 0.1) is 7.11 Å². The third-order valence-corrected chi connectivity index (χ3v) is 4.80. The van der Waals surface area contributed by atoms with Crippen molar-refractivity contribution in [2.45, 2.75) is 51.1 Å². The topological polar surface area (TPSA) is 44.8 Å². The number of nitrogens with one attached hydrogen (secondary N) is 1. The van der Waals surface area contributed by atoms with Gasteiger partial charge in [0, 0.05) is 32.2 Å². The number of methoxy groups -OCH3 is 1. The maximum atomic E-state index is 12.1. The summed E-state index contributed by atoms with van der Waals surface area (Å²) in [6.45, 7) is 11.1. The number of carbonyl (C=O) groups is 1. The molecule has 2 fully saturated rings. The molecule has 1 heterocycles. The van der Waals surface area contributed by atoms with Crippen LogP contribution in [0.15, 0.2) is 0 Å². The highest BCUT2D eigenvalue weighted by atomic mass is 16.5. The maximum Gasteiger partial charge on any atom is 0.325 e. The number of likely N-dealkylation sites (N-methyl/N-ethyl adjacent to an activating group) is 1. The van der Waals surface area contributed by atoms with E-state index in [2.05, 4.69) is 22.0 Å². The van der Waals surface area contributed by atoms with Crippen LogP contribution in [0.3, 0.4) is 0 Å². The summed E-state index contributed by atoms with van der Waals surface area (Å²) in [6.07, 6.45) is 4.26. The number of carbonyl (C=O) groups excluding carboxylic acids is 1. The first kappa shape index (κ1) is 16.7. The van der Waals surface area contributed by atoms with Crippen LogP contribution in [0.2, 0.25) is 0 Å². The van der Waals surface area contributed by atoms with Crippen LogP contribution >= 0.6 is 0 Å². The standard InChI is InChI=1S/C16H31N3O2/c1-4-18-10-12-19(13-11-18)9-5-8-16(2,15(20)21-3)17-14-6-7-14/h14,17H,4-13H2,1-3H3. The van der Waals surface area contributed by atoms with Crippen LogP contribution in [0.25, 0.3) is 0 Å². The lowest BCUT2D eigenvalue weighted by Gasteiger charge is -2.35. The summed E-state index contributed by atoms with van der Waals surface area (Å²) in [5, 5.41) is 3.47. The molecule has 2 rings (SSSR count). The van der Waals surface area contributed by atoms with Crippen LogP contribution in [0.5, 0.6) is 0 Å². The minimum absolute atomic E-state index is 0.120. The van der Waals surface area contributed by atoms with Gasteiger partial charge in [-0.25, -0.2) is 0 Å². The summed E-state index contributed by atoms with van der Waals surface area (Å²) in [6, 6.07) is 0.516. The second-order valence-corrected chi connectivity index (χ2v) is 6.62. The van der Waals surface area contributed by atoms with Crippen molar-refractivity contribution in [1.29, 1.82) is 0 Å². The minimum Gasteiger partial charge on any atom is -0.468 e. The van der Waals surface area contributed by atoms with E-state index in [1.54, 1.807) is 0 Å². The molecule has 122 valence electrons. The van der Waals surface area contributed by atoms with Gasteiger partial charge < -0.3 is 14.5 Å². The van der Waals surface area contributed by atoms with Gasteiger partial charge in [-0.2, -0.15) is 0 Å². The number of rotatable bonds is 8. The SMILES string of the molecule is CCN1CCN(CCCC(C)(NC2CC2)C(=O)OC)CC1. The van der Waals surface area contributed by atoms with Gasteiger partial charge in [-0.3, -0.25) is 10.1 Å². The van der Waals surface area contributed by atoms with Crippen molar-refractivity contribution in [3.63, 3.8) is 0 Å². The van der Waals surface area contributed by atoms with Gasteiger partial charge in [0.15, 0.2) is 0 Å². The number of nitrogens with zero attached hydrogens (tertiary/aromatic N) is 2. The van der Waals surface area contributed by atoms with Crippen LogP contribution in [0, 0.1) is 0 Å². The Labute approximate surface area is 129 Å². The van der Waals surface area contributed by atoms with E-state index in [4.69, 9.17) is 4.74 Å². The molecule has 1 saturated carbocycles. The molecule has 1 atom stereocenters. The van der Waals surface area contributed by atoms with Gasteiger partial charge in [0.2, 0.25) is 0 Å². The number of piperazine rings is 1. The van der Waals surface area contributed by atoms with E-state index in [9.17, 15) is 4.79 Å².